The molecule has 6 nitrogen and oxygen atoms in total. The Morgan fingerprint density at radius 1 is 1.30 bits per heavy atom. The van der Waals surface area contributed by atoms with Crippen LogP contribution in [0.15, 0.2) is 36.0 Å². The number of aliphatic hydroxyl groups excluding tert-OH is 1. The van der Waals surface area contributed by atoms with Gasteiger partial charge in [0.05, 0.1) is 24.7 Å². The Labute approximate surface area is 201 Å². The second-order valence-electron chi connectivity index (χ2n) is 9.53. The van der Waals surface area contributed by atoms with Gasteiger partial charge in [-0.25, -0.2) is 0 Å². The molecule has 33 heavy (non-hydrogen) atoms. The van der Waals surface area contributed by atoms with E-state index in [0.717, 1.165) is 12.0 Å². The molecule has 0 unspecified atom stereocenters. The highest BCUT2D eigenvalue weighted by Crippen LogP contribution is 2.39. The summed E-state index contributed by atoms with van der Waals surface area (Å²) in [4.78, 5) is 12.7. The fourth-order valence-corrected chi connectivity index (χ4v) is 4.73. The summed E-state index contributed by atoms with van der Waals surface area (Å²) in [7, 11) is 1.63. The largest absolute Gasteiger partial charge is 0.458 e. The van der Waals surface area contributed by atoms with Crippen molar-refractivity contribution in [2.24, 2.45) is 17.8 Å². The van der Waals surface area contributed by atoms with Gasteiger partial charge in [0.25, 0.3) is 0 Å². The molecule has 0 aromatic carbocycles. The Bertz CT molecular complexity index is 855. The SMILES string of the molecule is CO[C@@H]1/C=C(\C)C[C@H](/C=C/C=C/C#C[C@@H]2C[C@H]2Cl)OC(=O)C[C@]2(O)C[C@H](O)[C@@H](C)[C@@H](O2)[C@@H]1C. The van der Waals surface area contributed by atoms with E-state index in [2.05, 4.69) is 11.8 Å². The second-order valence-corrected chi connectivity index (χ2v) is 10.1. The van der Waals surface area contributed by atoms with E-state index in [1.165, 1.54) is 0 Å². The van der Waals surface area contributed by atoms with Gasteiger partial charge in [0.2, 0.25) is 0 Å². The lowest BCUT2D eigenvalue weighted by molar-refractivity contribution is -0.301. The first kappa shape index (κ1) is 26.0. The molecule has 2 N–H and O–H groups in total. The van der Waals surface area contributed by atoms with Gasteiger partial charge in [0.1, 0.15) is 6.10 Å². The number of alkyl halides is 1. The molecular weight excluding hydrogens is 444 g/mol. The monoisotopic (exact) mass is 478 g/mol. The van der Waals surface area contributed by atoms with Crippen molar-refractivity contribution in [2.75, 3.05) is 7.11 Å². The van der Waals surface area contributed by atoms with Crippen LogP contribution in [0, 0.1) is 29.6 Å². The average molecular weight is 479 g/mol. The van der Waals surface area contributed by atoms with E-state index in [4.69, 9.17) is 25.8 Å². The lowest BCUT2D eigenvalue weighted by atomic mass is 9.80. The van der Waals surface area contributed by atoms with Crippen molar-refractivity contribution >= 4 is 17.6 Å². The molecule has 0 amide bonds. The second kappa shape index (κ2) is 11.2. The molecule has 0 radical (unpaired) electrons. The van der Waals surface area contributed by atoms with E-state index in [1.807, 2.05) is 26.8 Å². The van der Waals surface area contributed by atoms with Gasteiger partial charge in [-0.1, -0.05) is 49.5 Å². The van der Waals surface area contributed by atoms with E-state index >= 15 is 0 Å². The number of hydrogen-bond donors (Lipinski definition) is 2. The first-order valence-electron chi connectivity index (χ1n) is 11.6. The van der Waals surface area contributed by atoms with E-state index in [-0.39, 0.29) is 42.1 Å². The first-order chi connectivity index (χ1) is 15.6. The number of cyclic esters (lactones) is 1. The van der Waals surface area contributed by atoms with Gasteiger partial charge in [0, 0.05) is 43.1 Å². The topological polar surface area (TPSA) is 85.2 Å². The normalized spacial score (nSPS) is 43.6. The highest BCUT2D eigenvalue weighted by Gasteiger charge is 2.48. The smallest absolute Gasteiger partial charge is 0.311 e. The molecule has 9 atom stereocenters. The quantitative estimate of drug-likeness (QED) is 0.212. The summed E-state index contributed by atoms with van der Waals surface area (Å²) in [5, 5.41) is 21.8. The maximum Gasteiger partial charge on any atom is 0.311 e. The number of allylic oxidation sites excluding steroid dienone is 3. The fourth-order valence-electron chi connectivity index (χ4n) is 4.47. The zero-order valence-electron chi connectivity index (χ0n) is 19.7. The molecule has 0 spiro atoms. The molecule has 1 saturated heterocycles. The third kappa shape index (κ3) is 7.18. The van der Waals surface area contributed by atoms with Crippen molar-refractivity contribution in [3.8, 4) is 11.8 Å². The minimum atomic E-state index is -1.79. The molecule has 1 saturated carbocycles. The molecule has 3 rings (SSSR count). The number of ether oxygens (including phenoxy) is 3. The molecule has 2 fully saturated rings. The molecule has 0 aromatic rings. The van der Waals surface area contributed by atoms with E-state index in [9.17, 15) is 15.0 Å². The number of aliphatic hydroxyl groups is 2. The number of halogens is 1. The van der Waals surface area contributed by atoms with Crippen LogP contribution in [0.4, 0.5) is 0 Å². The van der Waals surface area contributed by atoms with Gasteiger partial charge in [0.15, 0.2) is 5.79 Å². The molecule has 3 aliphatic rings. The molecular formula is C26H35ClO6. The summed E-state index contributed by atoms with van der Waals surface area (Å²) < 4.78 is 17.4. The molecule has 2 bridgehead atoms. The third-order valence-corrected chi connectivity index (χ3v) is 7.07. The highest BCUT2D eigenvalue weighted by molar-refractivity contribution is 6.22. The summed E-state index contributed by atoms with van der Waals surface area (Å²) >= 11 is 5.94. The summed E-state index contributed by atoms with van der Waals surface area (Å²) in [6.07, 6.45) is 8.04. The fraction of sp³-hybridized carbons (Fsp3) is 0.654. The summed E-state index contributed by atoms with van der Waals surface area (Å²) in [6, 6.07) is 0. The predicted octanol–water partition coefficient (Wildman–Crippen LogP) is 3.51. The Morgan fingerprint density at radius 3 is 2.70 bits per heavy atom. The van der Waals surface area contributed by atoms with Gasteiger partial charge in [-0.05, 0) is 25.5 Å². The number of carbonyl (C=O) groups excluding carboxylic acids is 1. The number of rotatable bonds is 3. The van der Waals surface area contributed by atoms with Crippen molar-refractivity contribution in [1.29, 1.82) is 0 Å². The molecule has 0 aromatic heterocycles. The lowest BCUT2D eigenvalue weighted by Crippen LogP contribution is -2.55. The molecule has 2 heterocycles. The van der Waals surface area contributed by atoms with Crippen LogP contribution < -0.4 is 0 Å². The summed E-state index contributed by atoms with van der Waals surface area (Å²) in [5.74, 6) is 3.60. The van der Waals surface area contributed by atoms with E-state index < -0.39 is 30.1 Å². The van der Waals surface area contributed by atoms with Crippen molar-refractivity contribution in [1.82, 2.24) is 0 Å². The van der Waals surface area contributed by atoms with E-state index in [1.54, 1.807) is 31.4 Å². The van der Waals surface area contributed by atoms with Gasteiger partial charge in [-0.2, -0.15) is 0 Å². The van der Waals surface area contributed by atoms with Crippen LogP contribution in [0.3, 0.4) is 0 Å². The van der Waals surface area contributed by atoms with Gasteiger partial charge < -0.3 is 24.4 Å². The Balaban J connectivity index is 1.79. The number of fused-ring (bicyclic) bond motifs is 2. The minimum Gasteiger partial charge on any atom is -0.458 e. The molecule has 182 valence electrons. The maximum atomic E-state index is 12.7. The van der Waals surface area contributed by atoms with Crippen molar-refractivity contribution in [2.45, 2.75) is 82.0 Å². The van der Waals surface area contributed by atoms with Crippen LogP contribution in [-0.4, -0.2) is 58.9 Å². The molecule has 7 heteroatoms. The van der Waals surface area contributed by atoms with Gasteiger partial charge in [-0.3, -0.25) is 4.79 Å². The number of methoxy groups -OCH3 is 1. The van der Waals surface area contributed by atoms with Crippen molar-refractivity contribution in [3.63, 3.8) is 0 Å². The van der Waals surface area contributed by atoms with Crippen LogP contribution in [0.5, 0.6) is 0 Å². The van der Waals surface area contributed by atoms with E-state index in [0.29, 0.717) is 6.42 Å². The lowest BCUT2D eigenvalue weighted by Gasteiger charge is -2.46. The van der Waals surface area contributed by atoms with Crippen LogP contribution in [0.25, 0.3) is 0 Å². The Hall–Kier alpha value is -1.62. The molecule has 1 aliphatic carbocycles. The third-order valence-electron chi connectivity index (χ3n) is 6.59. The zero-order chi connectivity index (χ0) is 24.2. The molecule has 2 aliphatic heterocycles. The predicted molar refractivity (Wildman–Crippen MR) is 126 cm³/mol. The van der Waals surface area contributed by atoms with Crippen molar-refractivity contribution < 1.29 is 29.2 Å². The number of carbonyl (C=O) groups is 1. The van der Waals surface area contributed by atoms with Crippen LogP contribution in [0.2, 0.25) is 0 Å². The van der Waals surface area contributed by atoms with Crippen molar-refractivity contribution in [3.05, 3.63) is 36.0 Å². The summed E-state index contributed by atoms with van der Waals surface area (Å²) in [6.45, 7) is 5.82. The first-order valence-corrected chi connectivity index (χ1v) is 12.0. The zero-order valence-corrected chi connectivity index (χ0v) is 20.5. The Kier molecular flexibility index (Phi) is 8.82. The number of hydrogen-bond acceptors (Lipinski definition) is 6. The Morgan fingerprint density at radius 2 is 2.03 bits per heavy atom. The minimum absolute atomic E-state index is 0.0505. The van der Waals surface area contributed by atoms with Gasteiger partial charge >= 0.3 is 5.97 Å². The van der Waals surface area contributed by atoms with Crippen LogP contribution in [0.1, 0.15) is 46.5 Å². The average Bonchev–Trinajstić information content (AvgIpc) is 3.44. The van der Waals surface area contributed by atoms with Gasteiger partial charge in [-0.15, -0.1) is 11.6 Å². The standard InChI is InChI=1S/C26H35ClO6/c1-16-11-20(10-8-6-5-7-9-19-13-21(19)27)32-24(29)15-26(30)14-22(28)17(2)25(33-26)18(3)23(12-16)31-4/h5-6,8,10,12,17-23,25,28,30H,11,13-15H2,1-4H3/b6-5+,10-8+,16-12+/t17-,18-,19-,20+,21-,22+,23-,25-,26+/m1/s1. The highest BCUT2D eigenvalue weighted by atomic mass is 35.5. The van der Waals surface area contributed by atoms with Crippen LogP contribution >= 0.6 is 11.6 Å². The maximum absolute atomic E-state index is 12.7. The van der Waals surface area contributed by atoms with Crippen LogP contribution in [-0.2, 0) is 19.0 Å². The summed E-state index contributed by atoms with van der Waals surface area (Å²) in [5.41, 5.74) is 1.00. The number of esters is 1.